The van der Waals surface area contributed by atoms with Crippen LogP contribution in [0.5, 0.6) is 0 Å². The fraction of sp³-hybridized carbons (Fsp3) is 0.444. The van der Waals surface area contributed by atoms with Crippen LogP contribution in [0.15, 0.2) is 23.7 Å². The Hall–Kier alpha value is -2.19. The van der Waals surface area contributed by atoms with Crippen molar-refractivity contribution >= 4 is 45.8 Å². The van der Waals surface area contributed by atoms with Crippen molar-refractivity contribution in [3.63, 3.8) is 0 Å². The number of piperidine rings is 1. The van der Waals surface area contributed by atoms with Crippen LogP contribution in [0.25, 0.3) is 0 Å². The molecule has 1 N–H and O–H groups in total. The first-order chi connectivity index (χ1) is 13.0. The summed E-state index contributed by atoms with van der Waals surface area (Å²) in [6.07, 6.45) is 3.10. The molecule has 0 atom stereocenters. The molecule has 144 valence electrons. The summed E-state index contributed by atoms with van der Waals surface area (Å²) in [7, 11) is 0. The number of carbonyl (C=O) groups excluding carboxylic acids is 2. The number of hydrogen-bond donors (Lipinski definition) is 1. The van der Waals surface area contributed by atoms with Crippen LogP contribution < -0.4 is 5.32 Å². The Morgan fingerprint density at radius 2 is 2.15 bits per heavy atom. The first kappa shape index (κ1) is 19.6. The molecule has 0 aromatic carbocycles. The number of halogens is 1. The van der Waals surface area contributed by atoms with Gasteiger partial charge in [0.1, 0.15) is 5.82 Å². The minimum absolute atomic E-state index is 0.0266. The van der Waals surface area contributed by atoms with E-state index in [2.05, 4.69) is 15.3 Å². The lowest BCUT2D eigenvalue weighted by Gasteiger charge is -2.30. The van der Waals surface area contributed by atoms with E-state index in [0.717, 1.165) is 0 Å². The van der Waals surface area contributed by atoms with Crippen molar-refractivity contribution in [2.45, 2.75) is 26.2 Å². The predicted octanol–water partition coefficient (Wildman–Crippen LogP) is 3.28. The third-order valence-corrected chi connectivity index (χ3v) is 5.34. The third-order valence-electron chi connectivity index (χ3n) is 4.31. The zero-order chi connectivity index (χ0) is 19.2. The third kappa shape index (κ3) is 5.40. The van der Waals surface area contributed by atoms with Crippen LogP contribution in [0.1, 0.15) is 25.5 Å². The molecule has 7 nitrogen and oxygen atoms in total. The zero-order valence-electron chi connectivity index (χ0n) is 15.0. The predicted molar refractivity (Wildman–Crippen MR) is 104 cm³/mol. The van der Waals surface area contributed by atoms with E-state index in [0.29, 0.717) is 54.2 Å². The average Bonchev–Trinajstić information content (AvgIpc) is 3.10. The minimum Gasteiger partial charge on any atom is -0.466 e. The van der Waals surface area contributed by atoms with Gasteiger partial charge in [0.05, 0.1) is 29.7 Å². The number of hydrogen-bond acceptors (Lipinski definition) is 7. The molecule has 0 aliphatic carbocycles. The van der Waals surface area contributed by atoms with E-state index >= 15 is 0 Å². The van der Waals surface area contributed by atoms with Crippen LogP contribution in [0.2, 0.25) is 5.02 Å². The Morgan fingerprint density at radius 3 is 2.81 bits per heavy atom. The summed E-state index contributed by atoms with van der Waals surface area (Å²) < 4.78 is 5.06. The van der Waals surface area contributed by atoms with Gasteiger partial charge in [0.15, 0.2) is 5.13 Å². The fourth-order valence-corrected chi connectivity index (χ4v) is 3.73. The molecule has 27 heavy (non-hydrogen) atoms. The van der Waals surface area contributed by atoms with Crippen molar-refractivity contribution in [3.8, 4) is 0 Å². The molecule has 1 saturated heterocycles. The van der Waals surface area contributed by atoms with Gasteiger partial charge in [0.25, 0.3) is 0 Å². The molecule has 2 aromatic heterocycles. The second-order valence-electron chi connectivity index (χ2n) is 6.21. The molecule has 3 rings (SSSR count). The van der Waals surface area contributed by atoms with Crippen LogP contribution in [-0.4, -0.2) is 46.4 Å². The summed E-state index contributed by atoms with van der Waals surface area (Å²) in [5, 5.41) is 6.20. The number of thiazole rings is 1. The molecule has 1 amide bonds. The second-order valence-corrected chi connectivity index (χ2v) is 7.51. The fourth-order valence-electron chi connectivity index (χ4n) is 2.90. The molecule has 3 heterocycles. The molecule has 1 fully saturated rings. The van der Waals surface area contributed by atoms with Gasteiger partial charge in [-0.15, -0.1) is 11.3 Å². The summed E-state index contributed by atoms with van der Waals surface area (Å²) >= 11 is 7.24. The number of esters is 1. The van der Waals surface area contributed by atoms with E-state index in [9.17, 15) is 9.59 Å². The van der Waals surface area contributed by atoms with Crippen molar-refractivity contribution < 1.29 is 14.3 Å². The van der Waals surface area contributed by atoms with Crippen molar-refractivity contribution in [1.29, 1.82) is 0 Å². The van der Waals surface area contributed by atoms with Gasteiger partial charge in [-0.1, -0.05) is 11.6 Å². The van der Waals surface area contributed by atoms with Gasteiger partial charge < -0.3 is 15.0 Å². The number of rotatable bonds is 6. The van der Waals surface area contributed by atoms with Gasteiger partial charge in [0.2, 0.25) is 5.91 Å². The van der Waals surface area contributed by atoms with Crippen LogP contribution in [-0.2, 0) is 20.7 Å². The number of pyridine rings is 1. The normalized spacial score (nSPS) is 14.8. The highest BCUT2D eigenvalue weighted by Gasteiger charge is 2.28. The molecule has 0 bridgehead atoms. The van der Waals surface area contributed by atoms with Gasteiger partial charge >= 0.3 is 5.97 Å². The lowest BCUT2D eigenvalue weighted by molar-refractivity contribution is -0.151. The molecule has 2 aromatic rings. The standard InChI is InChI=1S/C18H21ClN4O3S/c1-2-26-17(25)12-5-7-23(8-6-12)16(24)9-14-11-27-18(21-14)22-15-4-3-13(19)10-20-15/h3-4,10-12H,2,5-9H2,1H3,(H,20,21,22). The van der Waals surface area contributed by atoms with E-state index in [1.54, 1.807) is 30.2 Å². The quantitative estimate of drug-likeness (QED) is 0.738. The average molecular weight is 409 g/mol. The maximum absolute atomic E-state index is 12.5. The molecular formula is C18H21ClN4O3S. The van der Waals surface area contributed by atoms with Crippen molar-refractivity contribution in [3.05, 3.63) is 34.4 Å². The second kappa shape index (κ2) is 9.14. The minimum atomic E-state index is -0.157. The Morgan fingerprint density at radius 1 is 1.37 bits per heavy atom. The number of carbonyl (C=O) groups is 2. The summed E-state index contributed by atoms with van der Waals surface area (Å²) in [5.41, 5.74) is 0.717. The van der Waals surface area contributed by atoms with E-state index < -0.39 is 0 Å². The molecule has 0 saturated carbocycles. The summed E-state index contributed by atoms with van der Waals surface area (Å²) in [5.74, 6) is 0.415. The Bertz CT molecular complexity index is 788. The maximum atomic E-state index is 12.5. The Kier molecular flexibility index (Phi) is 6.63. The van der Waals surface area contributed by atoms with E-state index in [-0.39, 0.29) is 24.2 Å². The first-order valence-electron chi connectivity index (χ1n) is 8.82. The number of ether oxygens (including phenoxy) is 1. The molecule has 0 spiro atoms. The van der Waals surface area contributed by atoms with Gasteiger partial charge in [-0.05, 0) is 31.9 Å². The lowest BCUT2D eigenvalue weighted by Crippen LogP contribution is -2.41. The van der Waals surface area contributed by atoms with E-state index in [1.807, 2.05) is 5.38 Å². The molecule has 0 unspecified atom stereocenters. The van der Waals surface area contributed by atoms with Crippen LogP contribution in [0, 0.1) is 5.92 Å². The molecular weight excluding hydrogens is 388 g/mol. The number of nitrogens with zero attached hydrogens (tertiary/aromatic N) is 3. The topological polar surface area (TPSA) is 84.4 Å². The van der Waals surface area contributed by atoms with E-state index in [1.165, 1.54) is 11.3 Å². The zero-order valence-corrected chi connectivity index (χ0v) is 16.6. The smallest absolute Gasteiger partial charge is 0.309 e. The number of anilines is 2. The number of amides is 1. The molecule has 0 radical (unpaired) electrons. The number of likely N-dealkylation sites (tertiary alicyclic amines) is 1. The largest absolute Gasteiger partial charge is 0.466 e. The van der Waals surface area contributed by atoms with Crippen molar-refractivity contribution in [1.82, 2.24) is 14.9 Å². The molecule has 1 aliphatic heterocycles. The van der Waals surface area contributed by atoms with E-state index in [4.69, 9.17) is 16.3 Å². The summed E-state index contributed by atoms with van der Waals surface area (Å²) in [6, 6.07) is 3.51. The Labute approximate surface area is 166 Å². The lowest BCUT2D eigenvalue weighted by atomic mass is 9.97. The monoisotopic (exact) mass is 408 g/mol. The summed E-state index contributed by atoms with van der Waals surface area (Å²) in [6.45, 7) is 3.35. The van der Waals surface area contributed by atoms with Crippen molar-refractivity contribution in [2.75, 3.05) is 25.0 Å². The van der Waals surface area contributed by atoms with Crippen LogP contribution >= 0.6 is 22.9 Å². The number of aromatic nitrogens is 2. The van der Waals surface area contributed by atoms with Gasteiger partial charge in [0, 0.05) is 24.7 Å². The van der Waals surface area contributed by atoms with Gasteiger partial charge in [-0.3, -0.25) is 9.59 Å². The van der Waals surface area contributed by atoms with Crippen molar-refractivity contribution in [2.24, 2.45) is 5.92 Å². The SMILES string of the molecule is CCOC(=O)C1CCN(C(=O)Cc2csc(Nc3ccc(Cl)cn3)n2)CC1. The highest BCUT2D eigenvalue weighted by molar-refractivity contribution is 7.13. The Balaban J connectivity index is 1.49. The molecule has 9 heteroatoms. The maximum Gasteiger partial charge on any atom is 0.309 e. The highest BCUT2D eigenvalue weighted by Crippen LogP contribution is 2.23. The van der Waals surface area contributed by atoms with Gasteiger partial charge in [-0.25, -0.2) is 9.97 Å². The van der Waals surface area contributed by atoms with Crippen LogP contribution in [0.4, 0.5) is 10.9 Å². The number of nitrogens with one attached hydrogen (secondary N) is 1. The van der Waals surface area contributed by atoms with Gasteiger partial charge in [-0.2, -0.15) is 0 Å². The molecule has 1 aliphatic rings. The highest BCUT2D eigenvalue weighted by atomic mass is 35.5. The summed E-state index contributed by atoms with van der Waals surface area (Å²) in [4.78, 5) is 34.7. The van der Waals surface area contributed by atoms with Crippen LogP contribution in [0.3, 0.4) is 0 Å². The first-order valence-corrected chi connectivity index (χ1v) is 10.1.